The van der Waals surface area contributed by atoms with Gasteiger partial charge in [-0.1, -0.05) is 67.1 Å². The van der Waals surface area contributed by atoms with Gasteiger partial charge >= 0.3 is 0 Å². The number of nitrogens with zero attached hydrogens (tertiary/aromatic N) is 6. The number of amides is 4. The van der Waals surface area contributed by atoms with Gasteiger partial charge in [0, 0.05) is 112 Å². The Bertz CT molecular complexity index is 3750. The van der Waals surface area contributed by atoms with Crippen molar-refractivity contribution in [2.45, 2.75) is 82.7 Å². The van der Waals surface area contributed by atoms with Gasteiger partial charge in [-0.3, -0.25) is 39.5 Å². The molecule has 0 spiro atoms. The number of aromatic nitrogens is 2. The molecule has 3 fully saturated rings. The molecular formula is C62H65ClN10O9S. The summed E-state index contributed by atoms with van der Waals surface area (Å²) in [5, 5.41) is 19.5. The molecule has 5 aliphatic rings. The summed E-state index contributed by atoms with van der Waals surface area (Å²) in [6, 6.07) is 25.1. The van der Waals surface area contributed by atoms with E-state index in [9.17, 15) is 37.7 Å². The summed E-state index contributed by atoms with van der Waals surface area (Å²) in [6.45, 7) is 11.4. The lowest BCUT2D eigenvalue weighted by molar-refractivity contribution is -0.384. The molecule has 4 aromatic carbocycles. The number of hydrogen-bond acceptors (Lipinski definition) is 14. The number of nitro groups is 1. The number of H-pyrrole nitrogens is 1. The number of ether oxygens (including phenoxy) is 1. The van der Waals surface area contributed by atoms with Crippen LogP contribution in [0, 0.1) is 33.3 Å². The zero-order valence-corrected chi connectivity index (χ0v) is 47.9. The molecule has 3 saturated heterocycles. The van der Waals surface area contributed by atoms with Gasteiger partial charge in [0.1, 0.15) is 28.9 Å². The molecule has 2 atom stereocenters. The van der Waals surface area contributed by atoms with Gasteiger partial charge in [0.05, 0.1) is 27.1 Å². The highest BCUT2D eigenvalue weighted by Crippen LogP contribution is 2.44. The highest BCUT2D eigenvalue weighted by Gasteiger charge is 2.40. The number of rotatable bonds is 16. The molecular weight excluding hydrogens is 1100 g/mol. The first-order valence-corrected chi connectivity index (χ1v) is 30.1. The minimum Gasteiger partial charge on any atom is -0.455 e. The van der Waals surface area contributed by atoms with Gasteiger partial charge in [0.2, 0.25) is 11.8 Å². The van der Waals surface area contributed by atoms with E-state index in [1.807, 2.05) is 30.3 Å². The molecule has 4 aliphatic heterocycles. The second kappa shape index (κ2) is 24.0. The molecule has 2 aromatic heterocycles. The molecule has 430 valence electrons. The Balaban J connectivity index is 0.725. The maximum absolute atomic E-state index is 14.2. The second-order valence-electron chi connectivity index (χ2n) is 22.9. The van der Waals surface area contributed by atoms with Crippen LogP contribution < -0.4 is 25.0 Å². The summed E-state index contributed by atoms with van der Waals surface area (Å²) < 4.78 is 36.5. The Kier molecular flexibility index (Phi) is 16.4. The molecule has 4 amide bonds. The molecule has 1 aliphatic carbocycles. The standard InChI is InChI=1S/C62H65ClN10O9S/c1-62(2)23-21-44(51(34-62)41-11-13-46(63)14-12-41)38-70-27-29-71(30-28-70)47-15-17-50(55(32-47)82-48-31-43-22-24-64-58(43)66-36-48)59(75)68-83(80,81)49-16-18-52(54(33-49)73(78)79)65-35-40-7-6-26-69(37-40)25-4-3-8-42-9-5-10-45-39-72(61(77)57(42)45)53-19-20-56(74)67-60(53)76/h5,9-18,22,24,31-33,36,40,53,65H,4,6-7,19-21,23,25-30,34-35,37-39H2,1-2H3,(H,64,66)(H,68,75)(H,67,74,76). The summed E-state index contributed by atoms with van der Waals surface area (Å²) in [7, 11) is -4.65. The third kappa shape index (κ3) is 12.9. The lowest BCUT2D eigenvalue weighted by atomic mass is 9.72. The van der Waals surface area contributed by atoms with Gasteiger partial charge in [-0.2, -0.15) is 0 Å². The van der Waals surface area contributed by atoms with Gasteiger partial charge in [-0.25, -0.2) is 18.1 Å². The number of halogens is 1. The number of hydrogen-bond donors (Lipinski definition) is 4. The van der Waals surface area contributed by atoms with Crippen LogP contribution in [0.25, 0.3) is 16.6 Å². The van der Waals surface area contributed by atoms with E-state index in [1.54, 1.807) is 30.5 Å². The molecule has 2 unspecified atom stereocenters. The van der Waals surface area contributed by atoms with Crippen molar-refractivity contribution in [3.05, 3.63) is 152 Å². The number of anilines is 2. The number of benzene rings is 4. The molecule has 0 saturated carbocycles. The fraction of sp³-hybridized carbons (Fsp3) is 0.371. The van der Waals surface area contributed by atoms with E-state index in [-0.39, 0.29) is 59.5 Å². The predicted molar refractivity (Wildman–Crippen MR) is 317 cm³/mol. The van der Waals surface area contributed by atoms with E-state index in [2.05, 4.69) is 77.8 Å². The minimum atomic E-state index is -4.65. The number of carbonyl (C=O) groups excluding carboxylic acids is 4. The lowest BCUT2D eigenvalue weighted by Gasteiger charge is -2.39. The number of imide groups is 1. The Morgan fingerprint density at radius 3 is 2.57 bits per heavy atom. The number of carbonyl (C=O) groups is 4. The first-order chi connectivity index (χ1) is 39.9. The van der Waals surface area contributed by atoms with Crippen molar-refractivity contribution in [1.29, 1.82) is 0 Å². The van der Waals surface area contributed by atoms with Crippen molar-refractivity contribution in [2.75, 3.05) is 69.1 Å². The summed E-state index contributed by atoms with van der Waals surface area (Å²) in [5.74, 6) is 4.88. The monoisotopic (exact) mass is 1160 g/mol. The molecule has 21 heteroatoms. The average molecular weight is 1160 g/mol. The average Bonchev–Trinajstić information content (AvgIpc) is 4.34. The predicted octanol–water partition coefficient (Wildman–Crippen LogP) is 9.15. The van der Waals surface area contributed by atoms with Crippen LogP contribution in [0.15, 0.2) is 114 Å². The van der Waals surface area contributed by atoms with Crippen LogP contribution in [0.5, 0.6) is 11.5 Å². The number of nitrogens with one attached hydrogen (secondary N) is 4. The fourth-order valence-corrected chi connectivity index (χ4v) is 13.2. The maximum atomic E-state index is 14.2. The number of piperazine rings is 1. The number of nitro benzene ring substituents is 1. The van der Waals surface area contributed by atoms with Crippen molar-refractivity contribution in [1.82, 2.24) is 34.7 Å². The third-order valence-corrected chi connectivity index (χ3v) is 18.1. The van der Waals surface area contributed by atoms with Gasteiger partial charge in [0.25, 0.3) is 27.5 Å². The largest absolute Gasteiger partial charge is 0.455 e. The number of piperidine rings is 2. The van der Waals surface area contributed by atoms with E-state index in [1.165, 1.54) is 46.0 Å². The molecule has 83 heavy (non-hydrogen) atoms. The van der Waals surface area contributed by atoms with Crippen LogP contribution in [-0.4, -0.2) is 127 Å². The van der Waals surface area contributed by atoms with Crippen LogP contribution >= 0.6 is 11.6 Å². The number of aromatic amines is 1. The number of allylic oxidation sites excluding steroid dienone is 1. The van der Waals surface area contributed by atoms with Crippen LogP contribution in [0.1, 0.15) is 103 Å². The molecule has 6 aromatic rings. The smallest absolute Gasteiger partial charge is 0.293 e. The Morgan fingerprint density at radius 1 is 0.952 bits per heavy atom. The number of sulfonamides is 1. The molecule has 19 nitrogen and oxygen atoms in total. The van der Waals surface area contributed by atoms with Gasteiger partial charge < -0.3 is 29.7 Å². The van der Waals surface area contributed by atoms with Crippen molar-refractivity contribution in [3.63, 3.8) is 0 Å². The van der Waals surface area contributed by atoms with E-state index < -0.39 is 43.4 Å². The molecule has 0 radical (unpaired) electrons. The van der Waals surface area contributed by atoms with Crippen LogP contribution in [0.2, 0.25) is 5.02 Å². The summed E-state index contributed by atoms with van der Waals surface area (Å²) in [5.41, 5.74) is 7.18. The SMILES string of the molecule is CC1(C)CCC(CN2CCN(c3ccc(C(=O)NS(=O)(=O)c4ccc(NCC5CCCN(CCC#Cc6cccc7c6C(=O)N(C6CCC(=O)NC6=O)C7)C5)c([N+](=O)[O-])c4)c(Oc4cnc5[nH]ccc5c4)c3)CC2)=C(c2ccc(Cl)cc2)C1. The number of pyridine rings is 1. The van der Waals surface area contributed by atoms with E-state index in [0.29, 0.717) is 66.7 Å². The van der Waals surface area contributed by atoms with Gasteiger partial charge in [0.15, 0.2) is 0 Å². The molecule has 6 heterocycles. The molecule has 0 bridgehead atoms. The van der Waals surface area contributed by atoms with Crippen molar-refractivity contribution < 1.29 is 37.3 Å². The van der Waals surface area contributed by atoms with Crippen molar-refractivity contribution >= 4 is 78.9 Å². The normalized spacial score (nSPS) is 19.5. The van der Waals surface area contributed by atoms with Crippen LogP contribution in [0.3, 0.4) is 0 Å². The summed E-state index contributed by atoms with van der Waals surface area (Å²) >= 11 is 6.27. The van der Waals surface area contributed by atoms with Crippen LogP contribution in [0.4, 0.5) is 17.1 Å². The maximum Gasteiger partial charge on any atom is 0.293 e. The Hall–Kier alpha value is -8.09. The van der Waals surface area contributed by atoms with Gasteiger partial charge in [-0.05, 0) is 128 Å². The summed E-state index contributed by atoms with van der Waals surface area (Å²) in [6.07, 6.45) is 9.16. The number of fused-ring (bicyclic) bond motifs is 2. The highest BCUT2D eigenvalue weighted by atomic mass is 35.5. The number of likely N-dealkylation sites (tertiary alicyclic amines) is 1. The van der Waals surface area contributed by atoms with Crippen molar-refractivity contribution in [3.8, 4) is 23.3 Å². The van der Waals surface area contributed by atoms with E-state index in [0.717, 1.165) is 81.0 Å². The fourth-order valence-electron chi connectivity index (χ4n) is 12.1. The topological polar surface area (TPSA) is 233 Å². The van der Waals surface area contributed by atoms with E-state index >= 15 is 0 Å². The highest BCUT2D eigenvalue weighted by molar-refractivity contribution is 7.90. The molecule has 4 N–H and O–H groups in total. The Morgan fingerprint density at radius 2 is 1.77 bits per heavy atom. The zero-order chi connectivity index (χ0) is 58.0. The Labute approximate surface area is 487 Å². The second-order valence-corrected chi connectivity index (χ2v) is 25.0. The first kappa shape index (κ1) is 56.8. The molecule has 11 rings (SSSR count). The first-order valence-electron chi connectivity index (χ1n) is 28.2. The third-order valence-electron chi connectivity index (χ3n) is 16.6. The summed E-state index contributed by atoms with van der Waals surface area (Å²) in [4.78, 5) is 79.4. The quantitative estimate of drug-likeness (QED) is 0.0306. The van der Waals surface area contributed by atoms with E-state index in [4.69, 9.17) is 16.3 Å². The lowest BCUT2D eigenvalue weighted by Crippen LogP contribution is -2.52. The van der Waals surface area contributed by atoms with Crippen molar-refractivity contribution in [2.24, 2.45) is 11.3 Å². The van der Waals surface area contributed by atoms with Gasteiger partial charge in [-0.15, -0.1) is 0 Å². The zero-order valence-electron chi connectivity index (χ0n) is 46.3. The minimum absolute atomic E-state index is 0.0655. The van der Waals surface area contributed by atoms with Crippen LogP contribution in [-0.2, 0) is 26.2 Å².